The Bertz CT molecular complexity index is 549. The summed E-state index contributed by atoms with van der Waals surface area (Å²) in [6.07, 6.45) is 2.80. The van der Waals surface area contributed by atoms with Gasteiger partial charge in [0.2, 0.25) is 0 Å². The number of carbonyl (C=O) groups excluding carboxylic acids is 1. The molecule has 4 atom stereocenters. The van der Waals surface area contributed by atoms with Gasteiger partial charge < -0.3 is 9.84 Å². The van der Waals surface area contributed by atoms with E-state index in [4.69, 9.17) is 4.74 Å². The molecule has 0 unspecified atom stereocenters. The molecule has 24 heavy (non-hydrogen) atoms. The number of benzene rings is 1. The van der Waals surface area contributed by atoms with Gasteiger partial charge >= 0.3 is 5.97 Å². The van der Waals surface area contributed by atoms with Gasteiger partial charge in [-0.1, -0.05) is 62.8 Å². The monoisotopic (exact) mass is 330 g/mol. The second kappa shape index (κ2) is 8.48. The van der Waals surface area contributed by atoms with Gasteiger partial charge in [-0.05, 0) is 37.7 Å². The van der Waals surface area contributed by atoms with Gasteiger partial charge in [-0.15, -0.1) is 0 Å². The number of ether oxygens (including phenoxy) is 1. The Balaban J connectivity index is 2.09. The molecule has 0 spiro atoms. The highest BCUT2D eigenvalue weighted by Gasteiger charge is 2.35. The predicted octanol–water partition coefficient (Wildman–Crippen LogP) is 4.47. The largest absolute Gasteiger partial charge is 0.460 e. The maximum absolute atomic E-state index is 12.5. The van der Waals surface area contributed by atoms with Crippen LogP contribution in [0.25, 0.3) is 0 Å². The van der Waals surface area contributed by atoms with Crippen molar-refractivity contribution in [1.29, 1.82) is 0 Å². The molecule has 1 aliphatic carbocycles. The van der Waals surface area contributed by atoms with Crippen LogP contribution in [0.2, 0.25) is 0 Å². The third-order valence-electron chi connectivity index (χ3n) is 5.07. The average molecular weight is 330 g/mol. The molecule has 1 saturated carbocycles. The smallest absolute Gasteiger partial charge is 0.335 e. The molecule has 3 heteroatoms. The van der Waals surface area contributed by atoms with E-state index in [1.165, 1.54) is 5.56 Å². The predicted molar refractivity (Wildman–Crippen MR) is 96.7 cm³/mol. The Labute approximate surface area is 145 Å². The second-order valence-electron chi connectivity index (χ2n) is 7.34. The van der Waals surface area contributed by atoms with Gasteiger partial charge in [0.25, 0.3) is 0 Å². The second-order valence-corrected chi connectivity index (χ2v) is 7.34. The molecule has 132 valence electrons. The number of carbonyl (C=O) groups is 1. The lowest BCUT2D eigenvalue weighted by Crippen LogP contribution is -2.39. The van der Waals surface area contributed by atoms with Crippen LogP contribution in [-0.2, 0) is 9.53 Å². The van der Waals surface area contributed by atoms with E-state index < -0.39 is 12.1 Å². The van der Waals surface area contributed by atoms with Gasteiger partial charge in [-0.3, -0.25) is 0 Å². The van der Waals surface area contributed by atoms with Crippen molar-refractivity contribution >= 4 is 5.97 Å². The molecule has 0 amide bonds. The molecule has 0 heterocycles. The number of aliphatic hydroxyl groups is 1. The molecule has 0 aliphatic heterocycles. The van der Waals surface area contributed by atoms with Crippen LogP contribution in [0.15, 0.2) is 42.5 Å². The third-order valence-corrected chi connectivity index (χ3v) is 5.07. The first-order chi connectivity index (χ1) is 11.4. The van der Waals surface area contributed by atoms with Gasteiger partial charge in [0.15, 0.2) is 6.10 Å². The summed E-state index contributed by atoms with van der Waals surface area (Å²) in [6.45, 7) is 9.76. The molecule has 0 aromatic heterocycles. The molecular formula is C21H30O3. The Kier molecular flexibility index (Phi) is 6.61. The van der Waals surface area contributed by atoms with Crippen LogP contribution in [-0.4, -0.2) is 23.3 Å². The van der Waals surface area contributed by atoms with E-state index >= 15 is 0 Å². The van der Waals surface area contributed by atoms with E-state index in [0.29, 0.717) is 0 Å². The van der Waals surface area contributed by atoms with Crippen molar-refractivity contribution in [1.82, 2.24) is 0 Å². The lowest BCUT2D eigenvalue weighted by Gasteiger charge is -2.33. The highest BCUT2D eigenvalue weighted by Crippen LogP contribution is 2.35. The lowest BCUT2D eigenvalue weighted by atomic mass is 9.81. The summed E-state index contributed by atoms with van der Waals surface area (Å²) in [5.41, 5.74) is 2.03. The van der Waals surface area contributed by atoms with Crippen molar-refractivity contribution in [3.8, 4) is 0 Å². The van der Waals surface area contributed by atoms with E-state index in [2.05, 4.69) is 18.7 Å². The van der Waals surface area contributed by atoms with Crippen LogP contribution in [0.4, 0.5) is 0 Å². The van der Waals surface area contributed by atoms with Gasteiger partial charge in [0.1, 0.15) is 6.10 Å². The van der Waals surface area contributed by atoms with Crippen LogP contribution >= 0.6 is 0 Å². The summed E-state index contributed by atoms with van der Waals surface area (Å²) in [5, 5.41) is 10.5. The zero-order chi connectivity index (χ0) is 17.7. The van der Waals surface area contributed by atoms with Gasteiger partial charge in [-0.25, -0.2) is 4.79 Å². The van der Waals surface area contributed by atoms with Crippen LogP contribution in [0.1, 0.15) is 57.9 Å². The fraction of sp³-hybridized carbons (Fsp3) is 0.571. The van der Waals surface area contributed by atoms with Gasteiger partial charge in [0, 0.05) is 11.8 Å². The molecule has 2 rings (SSSR count). The van der Waals surface area contributed by atoms with Crippen LogP contribution < -0.4 is 0 Å². The highest BCUT2D eigenvalue weighted by molar-refractivity contribution is 5.75. The number of aliphatic hydroxyl groups excluding tert-OH is 1. The molecule has 1 aromatic carbocycles. The van der Waals surface area contributed by atoms with Gasteiger partial charge in [0.05, 0.1) is 0 Å². The number of hydrogen-bond acceptors (Lipinski definition) is 3. The highest BCUT2D eigenvalue weighted by atomic mass is 16.6. The Hall–Kier alpha value is -1.61. The summed E-state index contributed by atoms with van der Waals surface area (Å²) in [7, 11) is 0. The zero-order valence-corrected chi connectivity index (χ0v) is 15.1. The maximum Gasteiger partial charge on any atom is 0.335 e. The van der Waals surface area contributed by atoms with Crippen molar-refractivity contribution in [2.75, 3.05) is 0 Å². The molecule has 1 N–H and O–H groups in total. The van der Waals surface area contributed by atoms with Crippen molar-refractivity contribution in [3.05, 3.63) is 48.0 Å². The Morgan fingerprint density at radius 2 is 1.83 bits per heavy atom. The van der Waals surface area contributed by atoms with Crippen molar-refractivity contribution < 1.29 is 14.6 Å². The normalized spacial score (nSPS) is 23.5. The lowest BCUT2D eigenvalue weighted by molar-refractivity contribution is -0.164. The molecule has 0 saturated heterocycles. The topological polar surface area (TPSA) is 46.5 Å². The third kappa shape index (κ3) is 4.47. The molecule has 0 bridgehead atoms. The molecule has 1 aromatic rings. The quantitative estimate of drug-likeness (QED) is 0.618. The molecule has 0 radical (unpaired) electrons. The Morgan fingerprint density at radius 1 is 1.21 bits per heavy atom. The standard InChI is InChI=1S/C21H30O3/c1-14(2)19(15(3)4)20(22)21(23)24-18-13-9-8-12-17(18)16-10-6-5-7-11-16/h5-7,10-11,15,17-20,22H,1,8-9,12-13H2,2-4H3/t17-,18+,19-,20+/m1/s1. The summed E-state index contributed by atoms with van der Waals surface area (Å²) >= 11 is 0. The number of hydrogen-bond donors (Lipinski definition) is 1. The summed E-state index contributed by atoms with van der Waals surface area (Å²) in [5.74, 6) is -0.416. The fourth-order valence-electron chi connectivity index (χ4n) is 3.89. The minimum absolute atomic E-state index is 0.140. The zero-order valence-electron chi connectivity index (χ0n) is 15.1. The van der Waals surface area contributed by atoms with E-state index in [1.54, 1.807) is 0 Å². The van der Waals surface area contributed by atoms with E-state index in [9.17, 15) is 9.90 Å². The van der Waals surface area contributed by atoms with Crippen molar-refractivity contribution in [2.24, 2.45) is 11.8 Å². The fourth-order valence-corrected chi connectivity index (χ4v) is 3.89. The number of esters is 1. The molecule has 1 aliphatic rings. The first-order valence-corrected chi connectivity index (χ1v) is 9.00. The van der Waals surface area contributed by atoms with E-state index in [0.717, 1.165) is 31.3 Å². The SMILES string of the molecule is C=C(C)[C@H](C(C)C)[C@H](O)C(=O)O[C@H]1CCCC[C@@H]1c1ccccc1. The van der Waals surface area contributed by atoms with Crippen LogP contribution in [0.5, 0.6) is 0 Å². The number of rotatable bonds is 6. The minimum atomic E-state index is -1.14. The molecular weight excluding hydrogens is 300 g/mol. The Morgan fingerprint density at radius 3 is 2.42 bits per heavy atom. The first kappa shape index (κ1) is 18.7. The molecule has 1 fully saturated rings. The van der Waals surface area contributed by atoms with Gasteiger partial charge in [-0.2, -0.15) is 0 Å². The summed E-state index contributed by atoms with van der Waals surface area (Å²) < 4.78 is 5.77. The van der Waals surface area contributed by atoms with Crippen molar-refractivity contribution in [3.63, 3.8) is 0 Å². The van der Waals surface area contributed by atoms with Crippen LogP contribution in [0.3, 0.4) is 0 Å². The summed E-state index contributed by atoms with van der Waals surface area (Å²) in [6, 6.07) is 10.2. The van der Waals surface area contributed by atoms with Crippen LogP contribution in [0, 0.1) is 11.8 Å². The van der Waals surface area contributed by atoms with E-state index in [1.807, 2.05) is 39.0 Å². The minimum Gasteiger partial charge on any atom is -0.460 e. The van der Waals surface area contributed by atoms with E-state index in [-0.39, 0.29) is 23.9 Å². The molecule has 3 nitrogen and oxygen atoms in total. The van der Waals surface area contributed by atoms with Crippen molar-refractivity contribution in [2.45, 2.75) is 64.6 Å². The first-order valence-electron chi connectivity index (χ1n) is 9.00. The maximum atomic E-state index is 12.5. The average Bonchev–Trinajstić information content (AvgIpc) is 2.55. The summed E-state index contributed by atoms with van der Waals surface area (Å²) in [4.78, 5) is 12.5.